The van der Waals surface area contributed by atoms with Crippen LogP contribution in [0.25, 0.3) is 0 Å². The van der Waals surface area contributed by atoms with Gasteiger partial charge in [-0.15, -0.1) is 0 Å². The van der Waals surface area contributed by atoms with Crippen LogP contribution in [0.4, 0.5) is 22.4 Å². The van der Waals surface area contributed by atoms with Gasteiger partial charge in [-0.25, -0.2) is 9.78 Å². The molecule has 2 aromatic heterocycles. The van der Waals surface area contributed by atoms with E-state index in [1.807, 2.05) is 26.8 Å². The maximum atomic E-state index is 11.8. The molecule has 2 aromatic rings. The molecule has 1 saturated heterocycles. The van der Waals surface area contributed by atoms with Crippen LogP contribution in [-0.4, -0.2) is 58.9 Å². The van der Waals surface area contributed by atoms with Gasteiger partial charge in [-0.3, -0.25) is 0 Å². The molecule has 0 aliphatic carbocycles. The standard InChI is InChI=1S/C16H22N6O3/c1-4-24-16(23)22-7-5-21(6-8-22)14-9-11(2)17-15(19-14)18-13-10-12(3)25-20-13/h9-10H,4-8H2,1-3H3,(H,17,18,19,20). The van der Waals surface area contributed by atoms with Crippen LogP contribution < -0.4 is 10.2 Å². The quantitative estimate of drug-likeness (QED) is 0.899. The number of aromatic nitrogens is 3. The Morgan fingerprint density at radius 1 is 1.24 bits per heavy atom. The molecule has 9 nitrogen and oxygen atoms in total. The van der Waals surface area contributed by atoms with Crippen molar-refractivity contribution in [2.45, 2.75) is 20.8 Å². The first-order chi connectivity index (χ1) is 12.0. The molecule has 1 aliphatic heterocycles. The second-order valence-electron chi connectivity index (χ2n) is 5.81. The van der Waals surface area contributed by atoms with Gasteiger partial charge in [0.05, 0.1) is 6.61 Å². The molecule has 0 saturated carbocycles. The first-order valence-electron chi connectivity index (χ1n) is 8.28. The molecule has 0 bridgehead atoms. The zero-order valence-corrected chi connectivity index (χ0v) is 14.7. The Bertz CT molecular complexity index is 739. The molecule has 0 radical (unpaired) electrons. The molecule has 3 heterocycles. The summed E-state index contributed by atoms with van der Waals surface area (Å²) < 4.78 is 10.1. The van der Waals surface area contributed by atoms with Crippen molar-refractivity contribution >= 4 is 23.7 Å². The molecular formula is C16H22N6O3. The number of anilines is 3. The highest BCUT2D eigenvalue weighted by Gasteiger charge is 2.23. The Morgan fingerprint density at radius 3 is 2.64 bits per heavy atom. The van der Waals surface area contributed by atoms with Crippen molar-refractivity contribution in [2.75, 3.05) is 43.0 Å². The smallest absolute Gasteiger partial charge is 0.409 e. The van der Waals surface area contributed by atoms with Crippen molar-refractivity contribution < 1.29 is 14.1 Å². The van der Waals surface area contributed by atoms with E-state index in [9.17, 15) is 4.79 Å². The summed E-state index contributed by atoms with van der Waals surface area (Å²) in [5.74, 6) is 2.57. The van der Waals surface area contributed by atoms with Gasteiger partial charge in [-0.2, -0.15) is 4.98 Å². The lowest BCUT2D eigenvalue weighted by molar-refractivity contribution is 0.105. The second-order valence-corrected chi connectivity index (χ2v) is 5.81. The number of nitrogens with zero attached hydrogens (tertiary/aromatic N) is 5. The van der Waals surface area contributed by atoms with Crippen LogP contribution in [0.2, 0.25) is 0 Å². The van der Waals surface area contributed by atoms with E-state index in [-0.39, 0.29) is 6.09 Å². The number of hydrogen-bond acceptors (Lipinski definition) is 8. The van der Waals surface area contributed by atoms with Crippen LogP contribution in [-0.2, 0) is 4.74 Å². The number of hydrogen-bond donors (Lipinski definition) is 1. The fourth-order valence-electron chi connectivity index (χ4n) is 2.64. The maximum absolute atomic E-state index is 11.8. The normalized spacial score (nSPS) is 14.5. The Balaban J connectivity index is 1.67. The highest BCUT2D eigenvalue weighted by Crippen LogP contribution is 2.19. The molecule has 25 heavy (non-hydrogen) atoms. The molecule has 1 N–H and O–H groups in total. The molecule has 0 aromatic carbocycles. The Morgan fingerprint density at radius 2 is 2.00 bits per heavy atom. The van der Waals surface area contributed by atoms with Crippen LogP contribution in [0.1, 0.15) is 18.4 Å². The zero-order valence-electron chi connectivity index (χ0n) is 14.7. The first-order valence-corrected chi connectivity index (χ1v) is 8.28. The minimum atomic E-state index is -0.259. The van der Waals surface area contributed by atoms with E-state index in [0.29, 0.717) is 50.3 Å². The van der Waals surface area contributed by atoms with Crippen LogP contribution >= 0.6 is 0 Å². The molecular weight excluding hydrogens is 324 g/mol. The number of amides is 1. The summed E-state index contributed by atoms with van der Waals surface area (Å²) in [4.78, 5) is 24.6. The van der Waals surface area contributed by atoms with Crippen molar-refractivity contribution in [1.82, 2.24) is 20.0 Å². The SMILES string of the molecule is CCOC(=O)N1CCN(c2cc(C)nc(Nc3cc(C)on3)n2)CC1. The van der Waals surface area contributed by atoms with Gasteiger partial charge >= 0.3 is 6.09 Å². The lowest BCUT2D eigenvalue weighted by Gasteiger charge is -2.34. The van der Waals surface area contributed by atoms with E-state index in [1.54, 1.807) is 11.0 Å². The minimum Gasteiger partial charge on any atom is -0.450 e. The van der Waals surface area contributed by atoms with Crippen molar-refractivity contribution in [1.29, 1.82) is 0 Å². The minimum absolute atomic E-state index is 0.259. The van der Waals surface area contributed by atoms with E-state index in [1.165, 1.54) is 0 Å². The topological polar surface area (TPSA) is 96.6 Å². The average Bonchev–Trinajstić information content (AvgIpc) is 2.99. The summed E-state index contributed by atoms with van der Waals surface area (Å²) in [5, 5.41) is 6.94. The molecule has 1 amide bonds. The summed E-state index contributed by atoms with van der Waals surface area (Å²) in [7, 11) is 0. The molecule has 0 spiro atoms. The van der Waals surface area contributed by atoms with E-state index in [4.69, 9.17) is 9.26 Å². The van der Waals surface area contributed by atoms with Gasteiger partial charge in [0.2, 0.25) is 5.95 Å². The number of rotatable bonds is 4. The summed E-state index contributed by atoms with van der Waals surface area (Å²) in [6.45, 7) is 8.53. The Labute approximate surface area is 146 Å². The largest absolute Gasteiger partial charge is 0.450 e. The second kappa shape index (κ2) is 7.37. The highest BCUT2D eigenvalue weighted by atomic mass is 16.6. The third-order valence-electron chi connectivity index (χ3n) is 3.84. The van der Waals surface area contributed by atoms with E-state index >= 15 is 0 Å². The number of ether oxygens (including phenoxy) is 1. The molecule has 134 valence electrons. The predicted molar refractivity (Wildman–Crippen MR) is 92.1 cm³/mol. The predicted octanol–water partition coefficient (Wildman–Crippen LogP) is 2.10. The summed E-state index contributed by atoms with van der Waals surface area (Å²) >= 11 is 0. The van der Waals surface area contributed by atoms with Crippen molar-refractivity contribution in [3.8, 4) is 0 Å². The number of carbonyl (C=O) groups is 1. The third-order valence-corrected chi connectivity index (χ3v) is 3.84. The molecule has 1 aliphatic rings. The van der Waals surface area contributed by atoms with Crippen molar-refractivity contribution in [3.05, 3.63) is 23.6 Å². The van der Waals surface area contributed by atoms with Crippen LogP contribution in [0, 0.1) is 13.8 Å². The van der Waals surface area contributed by atoms with Gasteiger partial charge in [0.25, 0.3) is 0 Å². The van der Waals surface area contributed by atoms with Gasteiger partial charge in [-0.05, 0) is 20.8 Å². The number of aryl methyl sites for hydroxylation is 2. The van der Waals surface area contributed by atoms with Gasteiger partial charge < -0.3 is 24.4 Å². The fraction of sp³-hybridized carbons (Fsp3) is 0.500. The number of carbonyl (C=O) groups excluding carboxylic acids is 1. The fourth-order valence-corrected chi connectivity index (χ4v) is 2.64. The van der Waals surface area contributed by atoms with E-state index in [2.05, 4.69) is 25.3 Å². The van der Waals surface area contributed by atoms with Crippen molar-refractivity contribution in [2.24, 2.45) is 0 Å². The first kappa shape index (κ1) is 17.0. The van der Waals surface area contributed by atoms with Gasteiger partial charge in [0, 0.05) is 44.0 Å². The zero-order chi connectivity index (χ0) is 17.8. The lowest BCUT2D eigenvalue weighted by atomic mass is 10.3. The Hall–Kier alpha value is -2.84. The highest BCUT2D eigenvalue weighted by molar-refractivity contribution is 5.68. The Kier molecular flexibility index (Phi) is 5.01. The van der Waals surface area contributed by atoms with Crippen LogP contribution in [0.5, 0.6) is 0 Å². The number of piperazine rings is 1. The van der Waals surface area contributed by atoms with Gasteiger partial charge in [-0.1, -0.05) is 5.16 Å². The van der Waals surface area contributed by atoms with Gasteiger partial charge in [0.1, 0.15) is 11.6 Å². The maximum Gasteiger partial charge on any atom is 0.409 e. The molecule has 9 heteroatoms. The molecule has 0 atom stereocenters. The van der Waals surface area contributed by atoms with E-state index in [0.717, 1.165) is 11.5 Å². The van der Waals surface area contributed by atoms with E-state index < -0.39 is 0 Å². The summed E-state index contributed by atoms with van der Waals surface area (Å²) in [6.07, 6.45) is -0.259. The van der Waals surface area contributed by atoms with Gasteiger partial charge in [0.15, 0.2) is 5.82 Å². The summed E-state index contributed by atoms with van der Waals surface area (Å²) in [6, 6.07) is 3.71. The third kappa shape index (κ3) is 4.17. The molecule has 1 fully saturated rings. The average molecular weight is 346 g/mol. The monoisotopic (exact) mass is 346 g/mol. The molecule has 3 rings (SSSR count). The summed E-state index contributed by atoms with van der Waals surface area (Å²) in [5.41, 5.74) is 0.848. The van der Waals surface area contributed by atoms with Crippen molar-refractivity contribution in [3.63, 3.8) is 0 Å². The molecule has 0 unspecified atom stereocenters. The van der Waals surface area contributed by atoms with Crippen LogP contribution in [0.15, 0.2) is 16.7 Å². The number of nitrogens with one attached hydrogen (secondary N) is 1. The van der Waals surface area contributed by atoms with Crippen LogP contribution in [0.3, 0.4) is 0 Å². The lowest BCUT2D eigenvalue weighted by Crippen LogP contribution is -2.49.